The molecule has 0 unspecified atom stereocenters. The van der Waals surface area contributed by atoms with E-state index in [1.807, 2.05) is 24.3 Å². The summed E-state index contributed by atoms with van der Waals surface area (Å²) in [5, 5.41) is 0.119. The third-order valence-electron chi connectivity index (χ3n) is 4.17. The van der Waals surface area contributed by atoms with Gasteiger partial charge in [-0.15, -0.1) is 0 Å². The van der Waals surface area contributed by atoms with Crippen LogP contribution in [0.4, 0.5) is 0 Å². The van der Waals surface area contributed by atoms with Crippen LogP contribution in [0.25, 0.3) is 0 Å². The molecule has 0 aliphatic carbocycles. The molecule has 3 nitrogen and oxygen atoms in total. The first-order valence-electron chi connectivity index (χ1n) is 7.45. The predicted molar refractivity (Wildman–Crippen MR) is 91.9 cm³/mol. The Morgan fingerprint density at radius 2 is 1.82 bits per heavy atom. The topological polar surface area (TPSA) is 39.2 Å². The smallest absolute Gasteiger partial charge is 0.250 e. The predicted octanol–water partition coefficient (Wildman–Crippen LogP) is 4.70. The van der Waals surface area contributed by atoms with Crippen molar-refractivity contribution in [1.82, 2.24) is 4.98 Å². The number of rotatable bonds is 4. The number of benzene rings is 1. The molecule has 0 aliphatic rings. The molecular formula is C18H23NO2Si. The Morgan fingerprint density at radius 1 is 1.09 bits per heavy atom. The van der Waals surface area contributed by atoms with Crippen molar-refractivity contribution in [2.75, 3.05) is 0 Å². The number of hydrogen-bond donors (Lipinski definition) is 0. The highest BCUT2D eigenvalue weighted by molar-refractivity contribution is 6.74. The minimum atomic E-state index is -1.91. The van der Waals surface area contributed by atoms with Gasteiger partial charge in [0.15, 0.2) is 0 Å². The minimum Gasteiger partial charge on any atom is -0.543 e. The van der Waals surface area contributed by atoms with Gasteiger partial charge in [0.05, 0.1) is 0 Å². The third kappa shape index (κ3) is 3.63. The van der Waals surface area contributed by atoms with Crippen molar-refractivity contribution in [3.8, 4) is 5.75 Å². The van der Waals surface area contributed by atoms with Gasteiger partial charge in [-0.05, 0) is 42.4 Å². The van der Waals surface area contributed by atoms with Gasteiger partial charge in [0.25, 0.3) is 0 Å². The summed E-state index contributed by atoms with van der Waals surface area (Å²) in [5.74, 6) is 0.676. The largest absolute Gasteiger partial charge is 0.543 e. The SMILES string of the molecule is CC(C)(C)[Si](C)(C)Oc1cccc(C(=O)c2ccccn2)c1. The molecular weight excluding hydrogens is 290 g/mol. The molecule has 0 amide bonds. The second-order valence-corrected chi connectivity index (χ2v) is 11.7. The Morgan fingerprint density at radius 3 is 2.41 bits per heavy atom. The lowest BCUT2D eigenvalue weighted by atomic mass is 10.1. The molecule has 22 heavy (non-hydrogen) atoms. The maximum Gasteiger partial charge on any atom is 0.250 e. The molecule has 0 saturated carbocycles. The van der Waals surface area contributed by atoms with Gasteiger partial charge in [-0.25, -0.2) is 0 Å². The van der Waals surface area contributed by atoms with E-state index in [2.05, 4.69) is 38.8 Å². The molecule has 1 aromatic carbocycles. The maximum absolute atomic E-state index is 12.5. The zero-order valence-electron chi connectivity index (χ0n) is 13.9. The van der Waals surface area contributed by atoms with Crippen LogP contribution in [0.15, 0.2) is 48.7 Å². The molecule has 0 aliphatic heterocycles. The molecule has 0 atom stereocenters. The van der Waals surface area contributed by atoms with Crippen LogP contribution >= 0.6 is 0 Å². The first-order chi connectivity index (χ1) is 10.2. The second-order valence-electron chi connectivity index (χ2n) is 6.93. The summed E-state index contributed by atoms with van der Waals surface area (Å²) in [6.45, 7) is 11.0. The van der Waals surface area contributed by atoms with E-state index in [-0.39, 0.29) is 10.8 Å². The van der Waals surface area contributed by atoms with Crippen molar-refractivity contribution in [2.45, 2.75) is 38.9 Å². The van der Waals surface area contributed by atoms with Crippen molar-refractivity contribution in [1.29, 1.82) is 0 Å². The van der Waals surface area contributed by atoms with Crippen LogP contribution in [0.5, 0.6) is 5.75 Å². The van der Waals surface area contributed by atoms with Crippen LogP contribution in [0.3, 0.4) is 0 Å². The highest BCUT2D eigenvalue weighted by Crippen LogP contribution is 2.37. The Kier molecular flexibility index (Phi) is 4.51. The second kappa shape index (κ2) is 6.05. The van der Waals surface area contributed by atoms with E-state index >= 15 is 0 Å². The summed E-state index contributed by atoms with van der Waals surface area (Å²) >= 11 is 0. The van der Waals surface area contributed by atoms with Crippen LogP contribution in [0.1, 0.15) is 36.8 Å². The van der Waals surface area contributed by atoms with Crippen molar-refractivity contribution in [3.05, 3.63) is 59.9 Å². The van der Waals surface area contributed by atoms with Gasteiger partial charge < -0.3 is 4.43 Å². The average Bonchev–Trinajstić information content (AvgIpc) is 2.46. The first-order valence-corrected chi connectivity index (χ1v) is 10.4. The zero-order valence-corrected chi connectivity index (χ0v) is 14.9. The summed E-state index contributed by atoms with van der Waals surface area (Å²) in [4.78, 5) is 16.6. The molecule has 0 fully saturated rings. The van der Waals surface area contributed by atoms with E-state index in [0.29, 0.717) is 11.3 Å². The molecule has 2 aromatic rings. The van der Waals surface area contributed by atoms with Gasteiger partial charge >= 0.3 is 0 Å². The molecule has 2 rings (SSSR count). The molecule has 0 radical (unpaired) electrons. The molecule has 1 heterocycles. The summed E-state index contributed by atoms with van der Waals surface area (Å²) < 4.78 is 6.26. The molecule has 116 valence electrons. The molecule has 0 spiro atoms. The van der Waals surface area contributed by atoms with Gasteiger partial charge in [0, 0.05) is 11.8 Å². The van der Waals surface area contributed by atoms with Crippen LogP contribution < -0.4 is 4.43 Å². The third-order valence-corrected chi connectivity index (χ3v) is 8.53. The van der Waals surface area contributed by atoms with Crippen LogP contribution in [0, 0.1) is 0 Å². The zero-order chi connectivity index (χ0) is 16.4. The average molecular weight is 313 g/mol. The molecule has 4 heteroatoms. The summed E-state index contributed by atoms with van der Waals surface area (Å²) in [7, 11) is -1.91. The van der Waals surface area contributed by atoms with E-state index in [4.69, 9.17) is 4.43 Å². The Bertz CT molecular complexity index is 660. The summed E-state index contributed by atoms with van der Waals surface area (Å²) in [6, 6.07) is 12.7. The normalized spacial score (nSPS) is 12.0. The lowest BCUT2D eigenvalue weighted by molar-refractivity contribution is 0.103. The van der Waals surface area contributed by atoms with Crippen molar-refractivity contribution >= 4 is 14.1 Å². The fourth-order valence-electron chi connectivity index (χ4n) is 1.79. The highest BCUT2D eigenvalue weighted by Gasteiger charge is 2.39. The lowest BCUT2D eigenvalue weighted by Gasteiger charge is -2.36. The number of ketones is 1. The fourth-order valence-corrected chi connectivity index (χ4v) is 2.82. The van der Waals surface area contributed by atoms with E-state index in [9.17, 15) is 4.79 Å². The van der Waals surface area contributed by atoms with Crippen molar-refractivity contribution in [2.24, 2.45) is 0 Å². The van der Waals surface area contributed by atoms with Gasteiger partial charge in [0.2, 0.25) is 14.1 Å². The van der Waals surface area contributed by atoms with Crippen molar-refractivity contribution in [3.63, 3.8) is 0 Å². The number of carbonyl (C=O) groups excluding carboxylic acids is 1. The maximum atomic E-state index is 12.5. The number of carbonyl (C=O) groups is 1. The molecule has 0 bridgehead atoms. The van der Waals surface area contributed by atoms with Crippen LogP contribution in [-0.2, 0) is 0 Å². The summed E-state index contributed by atoms with van der Waals surface area (Å²) in [6.07, 6.45) is 1.63. The quantitative estimate of drug-likeness (QED) is 0.607. The first kappa shape index (κ1) is 16.4. The Labute approximate surface area is 133 Å². The van der Waals surface area contributed by atoms with Gasteiger partial charge in [-0.1, -0.05) is 39.0 Å². The number of nitrogens with zero attached hydrogens (tertiary/aromatic N) is 1. The van der Waals surface area contributed by atoms with E-state index in [1.54, 1.807) is 24.4 Å². The number of aromatic nitrogens is 1. The monoisotopic (exact) mass is 313 g/mol. The van der Waals surface area contributed by atoms with Gasteiger partial charge in [0.1, 0.15) is 11.4 Å². The molecule has 0 N–H and O–H groups in total. The molecule has 1 aromatic heterocycles. The van der Waals surface area contributed by atoms with E-state index < -0.39 is 8.32 Å². The van der Waals surface area contributed by atoms with E-state index in [0.717, 1.165) is 5.75 Å². The number of hydrogen-bond acceptors (Lipinski definition) is 3. The van der Waals surface area contributed by atoms with Crippen LogP contribution in [0.2, 0.25) is 18.1 Å². The standard InChI is InChI=1S/C18H23NO2Si/c1-18(2,3)22(4,5)21-15-10-8-9-14(13-15)17(20)16-11-6-7-12-19-16/h6-13H,1-5H3. The highest BCUT2D eigenvalue weighted by atomic mass is 28.4. The molecule has 0 saturated heterocycles. The van der Waals surface area contributed by atoms with Gasteiger partial charge in [-0.3, -0.25) is 9.78 Å². The lowest BCUT2D eigenvalue weighted by Crippen LogP contribution is -2.43. The summed E-state index contributed by atoms with van der Waals surface area (Å²) in [5.41, 5.74) is 1.06. The number of pyridine rings is 1. The Balaban J connectivity index is 2.26. The Hall–Kier alpha value is -1.94. The van der Waals surface area contributed by atoms with Gasteiger partial charge in [-0.2, -0.15) is 0 Å². The van der Waals surface area contributed by atoms with Crippen LogP contribution in [-0.4, -0.2) is 19.1 Å². The minimum absolute atomic E-state index is 0.0821. The van der Waals surface area contributed by atoms with E-state index in [1.165, 1.54) is 0 Å². The van der Waals surface area contributed by atoms with Crippen molar-refractivity contribution < 1.29 is 9.22 Å². The fraction of sp³-hybridized carbons (Fsp3) is 0.333.